The largest absolute Gasteiger partial charge is 0.356 e. The Balaban J connectivity index is 2.73. The number of hydrogen-bond donors (Lipinski definition) is 1. The molecular weight excluding hydrogens is 312 g/mol. The molecule has 1 amide bonds. The second-order valence-electron chi connectivity index (χ2n) is 6.39. The topological polar surface area (TPSA) is 66.5 Å². The molecule has 0 aliphatic carbocycles. The SMILES string of the molecule is Cc1ccc(N(CCC(=O)NCCC(C)C)S(C)(=O)=O)cc1C. The van der Waals surface area contributed by atoms with Crippen molar-refractivity contribution < 1.29 is 13.2 Å². The van der Waals surface area contributed by atoms with E-state index in [1.54, 1.807) is 6.07 Å². The van der Waals surface area contributed by atoms with Gasteiger partial charge in [0, 0.05) is 19.5 Å². The van der Waals surface area contributed by atoms with Crippen molar-refractivity contribution in [2.24, 2.45) is 5.92 Å². The summed E-state index contributed by atoms with van der Waals surface area (Å²) >= 11 is 0. The molecule has 0 saturated carbocycles. The summed E-state index contributed by atoms with van der Waals surface area (Å²) in [6, 6.07) is 5.51. The fraction of sp³-hybridized carbons (Fsp3) is 0.588. The summed E-state index contributed by atoms with van der Waals surface area (Å²) in [4.78, 5) is 11.9. The Kier molecular flexibility index (Phi) is 7.06. The predicted molar refractivity (Wildman–Crippen MR) is 95.2 cm³/mol. The van der Waals surface area contributed by atoms with Gasteiger partial charge in [-0.25, -0.2) is 8.42 Å². The van der Waals surface area contributed by atoms with Crippen LogP contribution in [-0.2, 0) is 14.8 Å². The molecule has 0 fully saturated rings. The van der Waals surface area contributed by atoms with Crippen LogP contribution in [0.1, 0.15) is 37.8 Å². The Morgan fingerprint density at radius 1 is 1.22 bits per heavy atom. The van der Waals surface area contributed by atoms with E-state index in [0.29, 0.717) is 18.2 Å². The number of carbonyl (C=O) groups excluding carboxylic acids is 1. The van der Waals surface area contributed by atoms with E-state index in [4.69, 9.17) is 0 Å². The lowest BCUT2D eigenvalue weighted by molar-refractivity contribution is -0.120. The van der Waals surface area contributed by atoms with E-state index in [-0.39, 0.29) is 18.9 Å². The third-order valence-corrected chi connectivity index (χ3v) is 4.96. The van der Waals surface area contributed by atoms with E-state index in [9.17, 15) is 13.2 Å². The third kappa shape index (κ3) is 6.60. The van der Waals surface area contributed by atoms with Crippen molar-refractivity contribution in [1.82, 2.24) is 5.32 Å². The zero-order valence-electron chi connectivity index (χ0n) is 14.7. The molecule has 0 aliphatic rings. The Morgan fingerprint density at radius 2 is 1.87 bits per heavy atom. The maximum absolute atomic E-state index is 12.0. The number of nitrogens with one attached hydrogen (secondary N) is 1. The van der Waals surface area contributed by atoms with Gasteiger partial charge in [0.2, 0.25) is 15.9 Å². The monoisotopic (exact) mass is 340 g/mol. The first-order valence-electron chi connectivity index (χ1n) is 7.93. The normalized spacial score (nSPS) is 11.6. The lowest BCUT2D eigenvalue weighted by Gasteiger charge is -2.23. The van der Waals surface area contributed by atoms with Gasteiger partial charge in [0.15, 0.2) is 0 Å². The first-order chi connectivity index (χ1) is 10.6. The molecule has 0 atom stereocenters. The number of carbonyl (C=O) groups is 1. The molecule has 1 rings (SSSR count). The van der Waals surface area contributed by atoms with Gasteiger partial charge in [-0.2, -0.15) is 0 Å². The van der Waals surface area contributed by atoms with Crippen LogP contribution in [0.25, 0.3) is 0 Å². The fourth-order valence-corrected chi connectivity index (χ4v) is 3.08. The van der Waals surface area contributed by atoms with E-state index in [1.807, 2.05) is 26.0 Å². The first-order valence-corrected chi connectivity index (χ1v) is 9.77. The minimum absolute atomic E-state index is 0.122. The average molecular weight is 340 g/mol. The van der Waals surface area contributed by atoms with Crippen molar-refractivity contribution in [1.29, 1.82) is 0 Å². The van der Waals surface area contributed by atoms with Crippen LogP contribution in [0.15, 0.2) is 18.2 Å². The molecule has 1 N–H and O–H groups in total. The number of nitrogens with zero attached hydrogens (tertiary/aromatic N) is 1. The molecular formula is C17H28N2O3S. The van der Waals surface area contributed by atoms with Gasteiger partial charge in [-0.3, -0.25) is 9.10 Å². The van der Waals surface area contributed by atoms with Gasteiger partial charge >= 0.3 is 0 Å². The summed E-state index contributed by atoms with van der Waals surface area (Å²) in [6.07, 6.45) is 2.23. The molecule has 0 saturated heterocycles. The molecule has 0 aliphatic heterocycles. The molecule has 0 heterocycles. The maximum Gasteiger partial charge on any atom is 0.232 e. The quantitative estimate of drug-likeness (QED) is 0.791. The summed E-state index contributed by atoms with van der Waals surface area (Å²) in [6.45, 7) is 8.88. The molecule has 0 unspecified atom stereocenters. The number of anilines is 1. The van der Waals surface area contributed by atoms with Crippen molar-refractivity contribution in [3.8, 4) is 0 Å². The minimum atomic E-state index is -3.42. The zero-order valence-corrected chi connectivity index (χ0v) is 15.5. The van der Waals surface area contributed by atoms with Gasteiger partial charge in [-0.15, -0.1) is 0 Å². The smallest absolute Gasteiger partial charge is 0.232 e. The highest BCUT2D eigenvalue weighted by Crippen LogP contribution is 2.21. The Labute approximate surface area is 140 Å². The van der Waals surface area contributed by atoms with E-state index in [2.05, 4.69) is 19.2 Å². The Morgan fingerprint density at radius 3 is 2.39 bits per heavy atom. The highest BCUT2D eigenvalue weighted by molar-refractivity contribution is 7.92. The van der Waals surface area contributed by atoms with Crippen LogP contribution in [0.3, 0.4) is 0 Å². The second kappa shape index (κ2) is 8.34. The molecule has 1 aromatic rings. The van der Waals surface area contributed by atoms with Crippen LogP contribution in [-0.4, -0.2) is 33.7 Å². The first kappa shape index (κ1) is 19.5. The average Bonchev–Trinajstić information content (AvgIpc) is 2.41. The van der Waals surface area contributed by atoms with Crippen LogP contribution < -0.4 is 9.62 Å². The predicted octanol–water partition coefficient (Wildman–Crippen LogP) is 2.62. The lowest BCUT2D eigenvalue weighted by atomic mass is 10.1. The van der Waals surface area contributed by atoms with Crippen LogP contribution in [0.2, 0.25) is 0 Å². The van der Waals surface area contributed by atoms with Crippen molar-refractivity contribution in [2.75, 3.05) is 23.7 Å². The number of sulfonamides is 1. The van der Waals surface area contributed by atoms with Gasteiger partial charge < -0.3 is 5.32 Å². The molecule has 0 aromatic heterocycles. The number of amides is 1. The molecule has 0 radical (unpaired) electrons. The molecule has 1 aromatic carbocycles. The third-order valence-electron chi connectivity index (χ3n) is 3.76. The Hall–Kier alpha value is -1.56. The fourth-order valence-electron chi connectivity index (χ4n) is 2.16. The number of rotatable bonds is 8. The van der Waals surface area contributed by atoms with Crippen LogP contribution in [0.4, 0.5) is 5.69 Å². The van der Waals surface area contributed by atoms with Gasteiger partial charge in [-0.05, 0) is 49.4 Å². The van der Waals surface area contributed by atoms with Gasteiger partial charge in [-0.1, -0.05) is 19.9 Å². The molecule has 0 bridgehead atoms. The number of benzene rings is 1. The summed E-state index contributed by atoms with van der Waals surface area (Å²) < 4.78 is 25.4. The van der Waals surface area contributed by atoms with Crippen molar-refractivity contribution in [2.45, 2.75) is 40.5 Å². The molecule has 0 spiro atoms. The van der Waals surface area contributed by atoms with E-state index < -0.39 is 10.0 Å². The summed E-state index contributed by atoms with van der Waals surface area (Å²) in [7, 11) is -3.42. The van der Waals surface area contributed by atoms with Crippen molar-refractivity contribution >= 4 is 21.6 Å². The molecule has 130 valence electrons. The number of hydrogen-bond acceptors (Lipinski definition) is 3. The maximum atomic E-state index is 12.0. The lowest BCUT2D eigenvalue weighted by Crippen LogP contribution is -2.35. The summed E-state index contributed by atoms with van der Waals surface area (Å²) in [5.74, 6) is 0.404. The highest BCUT2D eigenvalue weighted by atomic mass is 32.2. The van der Waals surface area contributed by atoms with Gasteiger partial charge in [0.05, 0.1) is 11.9 Å². The van der Waals surface area contributed by atoms with E-state index in [1.165, 1.54) is 10.6 Å². The Bertz CT molecular complexity index is 639. The summed E-state index contributed by atoms with van der Waals surface area (Å²) in [5.41, 5.74) is 2.73. The second-order valence-corrected chi connectivity index (χ2v) is 8.29. The van der Waals surface area contributed by atoms with Gasteiger partial charge in [0.1, 0.15) is 0 Å². The summed E-state index contributed by atoms with van der Waals surface area (Å²) in [5, 5.41) is 2.83. The van der Waals surface area contributed by atoms with Crippen molar-refractivity contribution in [3.05, 3.63) is 29.3 Å². The van der Waals surface area contributed by atoms with Crippen LogP contribution in [0.5, 0.6) is 0 Å². The molecule has 23 heavy (non-hydrogen) atoms. The van der Waals surface area contributed by atoms with Crippen molar-refractivity contribution in [3.63, 3.8) is 0 Å². The zero-order chi connectivity index (χ0) is 17.6. The van der Waals surface area contributed by atoms with Crippen LogP contribution >= 0.6 is 0 Å². The minimum Gasteiger partial charge on any atom is -0.356 e. The number of aryl methyl sites for hydroxylation is 2. The molecule has 5 nitrogen and oxygen atoms in total. The molecule has 6 heteroatoms. The van der Waals surface area contributed by atoms with Crippen LogP contribution in [0, 0.1) is 19.8 Å². The van der Waals surface area contributed by atoms with E-state index >= 15 is 0 Å². The van der Waals surface area contributed by atoms with E-state index in [0.717, 1.165) is 17.5 Å². The highest BCUT2D eigenvalue weighted by Gasteiger charge is 2.19. The van der Waals surface area contributed by atoms with Gasteiger partial charge in [0.25, 0.3) is 0 Å². The standard InChI is InChI=1S/C17H28N2O3S/c1-13(2)8-10-18-17(20)9-11-19(23(5,21)22)16-7-6-14(3)15(4)12-16/h6-7,12-13H,8-11H2,1-5H3,(H,18,20).